The molecule has 3 heteroatoms. The number of hydrogen-bond donors (Lipinski definition) is 0. The fourth-order valence-electron chi connectivity index (χ4n) is 5.31. The molecule has 1 aromatic heterocycles. The summed E-state index contributed by atoms with van der Waals surface area (Å²) in [7, 11) is 0. The molecule has 2 aliphatic heterocycles. The van der Waals surface area contributed by atoms with Gasteiger partial charge in [-0.2, -0.15) is 0 Å². The van der Waals surface area contributed by atoms with Gasteiger partial charge in [0.15, 0.2) is 0 Å². The summed E-state index contributed by atoms with van der Waals surface area (Å²) in [5.41, 5.74) is 1.36. The van der Waals surface area contributed by atoms with Crippen molar-refractivity contribution in [2.75, 3.05) is 26.2 Å². The molecule has 0 spiro atoms. The Labute approximate surface area is 147 Å². The second kappa shape index (κ2) is 7.97. The number of piperidine rings is 1. The van der Waals surface area contributed by atoms with E-state index in [1.807, 2.05) is 12.4 Å². The van der Waals surface area contributed by atoms with Gasteiger partial charge in [0, 0.05) is 31.5 Å². The molecule has 24 heavy (non-hydrogen) atoms. The maximum absolute atomic E-state index is 4.25. The van der Waals surface area contributed by atoms with E-state index in [1.165, 1.54) is 83.1 Å². The highest BCUT2D eigenvalue weighted by atomic mass is 15.2. The third kappa shape index (κ3) is 4.00. The smallest absolute Gasteiger partial charge is 0.0312 e. The van der Waals surface area contributed by atoms with E-state index in [2.05, 4.69) is 26.9 Å². The molecule has 1 saturated carbocycles. The molecule has 1 atom stereocenters. The van der Waals surface area contributed by atoms with Gasteiger partial charge in [-0.15, -0.1) is 0 Å². The molecular weight excluding hydrogens is 294 g/mol. The van der Waals surface area contributed by atoms with Crippen molar-refractivity contribution in [2.24, 2.45) is 11.8 Å². The van der Waals surface area contributed by atoms with Crippen LogP contribution >= 0.6 is 0 Å². The van der Waals surface area contributed by atoms with Crippen molar-refractivity contribution in [1.82, 2.24) is 14.8 Å². The monoisotopic (exact) mass is 327 g/mol. The van der Waals surface area contributed by atoms with E-state index < -0.39 is 0 Å². The first-order chi connectivity index (χ1) is 11.9. The Morgan fingerprint density at radius 2 is 1.71 bits per heavy atom. The third-order valence-corrected chi connectivity index (χ3v) is 6.78. The van der Waals surface area contributed by atoms with E-state index in [0.717, 1.165) is 24.4 Å². The summed E-state index contributed by atoms with van der Waals surface area (Å²) in [5.74, 6) is 1.95. The molecule has 0 amide bonds. The highest BCUT2D eigenvalue weighted by Gasteiger charge is 2.34. The normalized spacial score (nSPS) is 28.4. The maximum Gasteiger partial charge on any atom is 0.0312 e. The molecule has 132 valence electrons. The molecule has 1 aliphatic carbocycles. The Morgan fingerprint density at radius 3 is 2.46 bits per heavy atom. The molecule has 3 aliphatic rings. The van der Waals surface area contributed by atoms with E-state index in [-0.39, 0.29) is 0 Å². The van der Waals surface area contributed by atoms with Crippen LogP contribution in [-0.4, -0.2) is 47.0 Å². The van der Waals surface area contributed by atoms with Crippen molar-refractivity contribution in [3.8, 4) is 0 Å². The van der Waals surface area contributed by atoms with Crippen LogP contribution in [0.3, 0.4) is 0 Å². The molecule has 1 unspecified atom stereocenters. The third-order valence-electron chi connectivity index (χ3n) is 6.78. The van der Waals surface area contributed by atoms with Crippen LogP contribution in [0.1, 0.15) is 56.9 Å². The quantitative estimate of drug-likeness (QED) is 0.835. The number of hydrogen-bond acceptors (Lipinski definition) is 3. The van der Waals surface area contributed by atoms with E-state index in [1.54, 1.807) is 0 Å². The van der Waals surface area contributed by atoms with Crippen LogP contribution in [0, 0.1) is 11.8 Å². The molecule has 1 aromatic rings. The fraction of sp³-hybridized carbons (Fsp3) is 0.762. The Morgan fingerprint density at radius 1 is 0.917 bits per heavy atom. The van der Waals surface area contributed by atoms with Crippen LogP contribution in [0.4, 0.5) is 0 Å². The lowest BCUT2D eigenvalue weighted by Crippen LogP contribution is -2.38. The highest BCUT2D eigenvalue weighted by Crippen LogP contribution is 2.35. The Balaban J connectivity index is 1.23. The summed E-state index contributed by atoms with van der Waals surface area (Å²) in [5, 5.41) is 0. The first-order valence-corrected chi connectivity index (χ1v) is 10.2. The summed E-state index contributed by atoms with van der Waals surface area (Å²) >= 11 is 0. The van der Waals surface area contributed by atoms with Crippen LogP contribution in [0.5, 0.6) is 0 Å². The topological polar surface area (TPSA) is 19.4 Å². The van der Waals surface area contributed by atoms with Crippen LogP contribution in [0.25, 0.3) is 0 Å². The molecule has 4 rings (SSSR count). The van der Waals surface area contributed by atoms with Crippen molar-refractivity contribution in [3.05, 3.63) is 30.1 Å². The lowest BCUT2D eigenvalue weighted by atomic mass is 9.83. The summed E-state index contributed by atoms with van der Waals surface area (Å²) < 4.78 is 0. The molecule has 0 N–H and O–H groups in total. The minimum Gasteiger partial charge on any atom is -0.300 e. The van der Waals surface area contributed by atoms with E-state index >= 15 is 0 Å². The summed E-state index contributed by atoms with van der Waals surface area (Å²) in [4.78, 5) is 9.73. The second-order valence-electron chi connectivity index (χ2n) is 8.31. The van der Waals surface area contributed by atoms with E-state index in [4.69, 9.17) is 0 Å². The summed E-state index contributed by atoms with van der Waals surface area (Å²) in [6.07, 6.45) is 15.5. The van der Waals surface area contributed by atoms with E-state index in [9.17, 15) is 0 Å². The average Bonchev–Trinajstić information content (AvgIpc) is 3.14. The molecule has 3 nitrogen and oxygen atoms in total. The van der Waals surface area contributed by atoms with Gasteiger partial charge in [0.2, 0.25) is 0 Å². The number of rotatable bonds is 4. The van der Waals surface area contributed by atoms with Gasteiger partial charge in [0.05, 0.1) is 0 Å². The lowest BCUT2D eigenvalue weighted by molar-refractivity contribution is 0.131. The van der Waals surface area contributed by atoms with Crippen molar-refractivity contribution >= 4 is 0 Å². The van der Waals surface area contributed by atoms with Gasteiger partial charge in [-0.25, -0.2) is 0 Å². The van der Waals surface area contributed by atoms with Gasteiger partial charge in [-0.3, -0.25) is 9.88 Å². The Hall–Kier alpha value is -0.930. The van der Waals surface area contributed by atoms with Gasteiger partial charge in [0.1, 0.15) is 0 Å². The minimum atomic E-state index is 0.925. The lowest BCUT2D eigenvalue weighted by Gasteiger charge is -2.36. The predicted octanol–water partition coefficient (Wildman–Crippen LogP) is 3.95. The molecular formula is C21H33N3. The minimum absolute atomic E-state index is 0.925. The zero-order valence-electron chi connectivity index (χ0n) is 15.1. The maximum atomic E-state index is 4.25. The number of nitrogens with zero attached hydrogens (tertiary/aromatic N) is 3. The fourth-order valence-corrected chi connectivity index (χ4v) is 5.31. The highest BCUT2D eigenvalue weighted by molar-refractivity contribution is 5.08. The van der Waals surface area contributed by atoms with Crippen molar-refractivity contribution in [1.29, 1.82) is 0 Å². The van der Waals surface area contributed by atoms with Gasteiger partial charge in [0.25, 0.3) is 0 Å². The van der Waals surface area contributed by atoms with Crippen LogP contribution in [-0.2, 0) is 6.54 Å². The molecule has 0 aromatic carbocycles. The Bertz CT molecular complexity index is 489. The molecule has 3 fully saturated rings. The van der Waals surface area contributed by atoms with Crippen LogP contribution in [0.15, 0.2) is 24.5 Å². The number of pyridine rings is 1. The standard InChI is InChI=1S/C21H33N3/c1-2-6-21(7-3-1)24-14-10-20(17-24)19-8-12-23(13-9-19)16-18-5-4-11-22-15-18/h4-5,11,15,19-21H,1-3,6-10,12-14,16-17H2. The van der Waals surface area contributed by atoms with Gasteiger partial charge >= 0.3 is 0 Å². The number of aromatic nitrogens is 1. The Kier molecular flexibility index (Phi) is 5.49. The zero-order chi connectivity index (χ0) is 16.2. The van der Waals surface area contributed by atoms with Crippen molar-refractivity contribution in [2.45, 2.75) is 64.0 Å². The van der Waals surface area contributed by atoms with Gasteiger partial charge in [-0.1, -0.05) is 25.3 Å². The molecule has 0 bridgehead atoms. The van der Waals surface area contributed by atoms with Gasteiger partial charge < -0.3 is 4.90 Å². The molecule has 0 radical (unpaired) electrons. The first kappa shape index (κ1) is 16.5. The van der Waals surface area contributed by atoms with Crippen LogP contribution in [0.2, 0.25) is 0 Å². The van der Waals surface area contributed by atoms with Crippen molar-refractivity contribution < 1.29 is 0 Å². The number of likely N-dealkylation sites (tertiary alicyclic amines) is 2. The summed E-state index contributed by atoms with van der Waals surface area (Å²) in [6, 6.07) is 5.19. The van der Waals surface area contributed by atoms with Gasteiger partial charge in [-0.05, 0) is 75.2 Å². The average molecular weight is 328 g/mol. The largest absolute Gasteiger partial charge is 0.300 e. The SMILES string of the molecule is c1cncc(CN2CCC(C3CCN(C4CCCCC4)C3)CC2)c1. The van der Waals surface area contributed by atoms with Crippen molar-refractivity contribution in [3.63, 3.8) is 0 Å². The summed E-state index contributed by atoms with van der Waals surface area (Å²) in [6.45, 7) is 6.42. The van der Waals surface area contributed by atoms with E-state index in [0.29, 0.717) is 0 Å². The first-order valence-electron chi connectivity index (χ1n) is 10.2. The molecule has 2 saturated heterocycles. The second-order valence-corrected chi connectivity index (χ2v) is 8.31. The zero-order valence-corrected chi connectivity index (χ0v) is 15.1. The molecule has 3 heterocycles. The van der Waals surface area contributed by atoms with Crippen LogP contribution < -0.4 is 0 Å². The predicted molar refractivity (Wildman–Crippen MR) is 98.8 cm³/mol.